The summed E-state index contributed by atoms with van der Waals surface area (Å²) in [5, 5.41) is 3.78. The molecular weight excluding hydrogens is 461 g/mol. The van der Waals surface area contributed by atoms with Crippen molar-refractivity contribution < 1.29 is 18.7 Å². The normalized spacial score (nSPS) is 14.4. The number of carbonyl (C=O) groups is 2. The number of hydrogen-bond acceptors (Lipinski definition) is 4. The smallest absolute Gasteiger partial charge is 0.338 e. The second-order valence-electron chi connectivity index (χ2n) is 7.89. The van der Waals surface area contributed by atoms with Gasteiger partial charge in [-0.3, -0.25) is 4.79 Å². The molecule has 2 aromatic carbocycles. The molecule has 7 heteroatoms. The van der Waals surface area contributed by atoms with Crippen molar-refractivity contribution >= 4 is 46.8 Å². The molecule has 0 bridgehead atoms. The molecule has 0 atom stereocenters. The van der Waals surface area contributed by atoms with E-state index in [2.05, 4.69) is 5.32 Å². The summed E-state index contributed by atoms with van der Waals surface area (Å²) in [6.45, 7) is 0. The Balaban J connectivity index is 1.32. The molecule has 1 aliphatic carbocycles. The fourth-order valence-corrected chi connectivity index (χ4v) is 4.21. The SMILES string of the molecule is O=C(/C=C/c1ccc(-c2ccc(Cl)cc2Cl)o1)Nc1ccc(C(=O)OC2CCCCC2)cc1. The molecule has 0 aliphatic heterocycles. The zero-order chi connectivity index (χ0) is 23.2. The van der Waals surface area contributed by atoms with Crippen molar-refractivity contribution in [2.75, 3.05) is 5.32 Å². The van der Waals surface area contributed by atoms with Crippen molar-refractivity contribution in [1.82, 2.24) is 0 Å². The highest BCUT2D eigenvalue weighted by atomic mass is 35.5. The summed E-state index contributed by atoms with van der Waals surface area (Å²) in [6.07, 6.45) is 8.21. The van der Waals surface area contributed by atoms with Gasteiger partial charge >= 0.3 is 5.97 Å². The number of rotatable bonds is 6. The number of ether oxygens (including phenoxy) is 1. The zero-order valence-electron chi connectivity index (χ0n) is 17.9. The van der Waals surface area contributed by atoms with Crippen LogP contribution in [0.5, 0.6) is 0 Å². The molecule has 1 fully saturated rings. The van der Waals surface area contributed by atoms with Gasteiger partial charge in [-0.1, -0.05) is 29.6 Å². The largest absolute Gasteiger partial charge is 0.459 e. The summed E-state index contributed by atoms with van der Waals surface area (Å²) < 4.78 is 11.3. The van der Waals surface area contributed by atoms with Crippen LogP contribution in [0.15, 0.2) is 65.1 Å². The topological polar surface area (TPSA) is 68.5 Å². The summed E-state index contributed by atoms with van der Waals surface area (Å²) in [5.41, 5.74) is 1.76. The first-order chi connectivity index (χ1) is 16.0. The van der Waals surface area contributed by atoms with Gasteiger partial charge in [-0.05, 0) is 86.4 Å². The first kappa shape index (κ1) is 23.1. The van der Waals surface area contributed by atoms with Gasteiger partial charge in [-0.15, -0.1) is 0 Å². The Morgan fingerprint density at radius 1 is 0.970 bits per heavy atom. The highest BCUT2D eigenvalue weighted by Crippen LogP contribution is 2.31. The van der Waals surface area contributed by atoms with Crippen LogP contribution in [0.4, 0.5) is 5.69 Å². The average Bonchev–Trinajstić information content (AvgIpc) is 3.27. The summed E-state index contributed by atoms with van der Waals surface area (Å²) >= 11 is 12.1. The van der Waals surface area contributed by atoms with Crippen LogP contribution in [0, 0.1) is 0 Å². The first-order valence-electron chi connectivity index (χ1n) is 10.8. The lowest BCUT2D eigenvalue weighted by Gasteiger charge is -2.21. The van der Waals surface area contributed by atoms with Crippen molar-refractivity contribution in [3.05, 3.63) is 82.0 Å². The molecule has 0 saturated heterocycles. The van der Waals surface area contributed by atoms with Crippen LogP contribution < -0.4 is 5.32 Å². The van der Waals surface area contributed by atoms with Gasteiger partial charge in [0.2, 0.25) is 5.91 Å². The quantitative estimate of drug-likeness (QED) is 0.293. The van der Waals surface area contributed by atoms with E-state index < -0.39 is 0 Å². The van der Waals surface area contributed by atoms with Crippen molar-refractivity contribution in [2.24, 2.45) is 0 Å². The van der Waals surface area contributed by atoms with Crippen LogP contribution in [0.1, 0.15) is 48.2 Å². The Hall–Kier alpha value is -3.02. The van der Waals surface area contributed by atoms with Crippen LogP contribution in [0.2, 0.25) is 10.0 Å². The fraction of sp³-hybridized carbons (Fsp3) is 0.231. The Bertz CT molecular complexity index is 1160. The van der Waals surface area contributed by atoms with Gasteiger partial charge in [0.1, 0.15) is 17.6 Å². The van der Waals surface area contributed by atoms with Crippen molar-refractivity contribution in [1.29, 1.82) is 0 Å². The third-order valence-electron chi connectivity index (χ3n) is 5.44. The van der Waals surface area contributed by atoms with E-state index in [0.29, 0.717) is 38.4 Å². The Morgan fingerprint density at radius 2 is 1.73 bits per heavy atom. The zero-order valence-corrected chi connectivity index (χ0v) is 19.4. The molecule has 3 aromatic rings. The van der Waals surface area contributed by atoms with Crippen LogP contribution in [-0.4, -0.2) is 18.0 Å². The van der Waals surface area contributed by atoms with E-state index in [-0.39, 0.29) is 18.0 Å². The lowest BCUT2D eigenvalue weighted by Crippen LogP contribution is -2.20. The molecule has 0 radical (unpaired) electrons. The van der Waals surface area contributed by atoms with Gasteiger partial charge < -0.3 is 14.5 Å². The molecule has 0 spiro atoms. The number of hydrogen-bond donors (Lipinski definition) is 1. The fourth-order valence-electron chi connectivity index (χ4n) is 3.71. The lowest BCUT2D eigenvalue weighted by atomic mass is 9.98. The van der Waals surface area contributed by atoms with E-state index in [1.165, 1.54) is 12.5 Å². The molecule has 170 valence electrons. The number of amides is 1. The van der Waals surface area contributed by atoms with E-state index in [9.17, 15) is 9.59 Å². The Labute approximate surface area is 202 Å². The van der Waals surface area contributed by atoms with Crippen molar-refractivity contribution in [2.45, 2.75) is 38.2 Å². The maximum Gasteiger partial charge on any atom is 0.338 e. The van der Waals surface area contributed by atoms with Crippen molar-refractivity contribution in [3.8, 4) is 11.3 Å². The molecule has 1 saturated carbocycles. The second-order valence-corrected chi connectivity index (χ2v) is 8.74. The minimum Gasteiger partial charge on any atom is -0.459 e. The summed E-state index contributed by atoms with van der Waals surface area (Å²) in [6, 6.07) is 15.3. The minimum absolute atomic E-state index is 0.00796. The summed E-state index contributed by atoms with van der Waals surface area (Å²) in [5.74, 6) is 0.434. The van der Waals surface area contributed by atoms with Crippen molar-refractivity contribution in [3.63, 3.8) is 0 Å². The molecule has 33 heavy (non-hydrogen) atoms. The van der Waals surface area contributed by atoms with Gasteiger partial charge in [0, 0.05) is 22.3 Å². The minimum atomic E-state index is -0.325. The number of carbonyl (C=O) groups excluding carboxylic acids is 2. The molecular formula is C26H23Cl2NO4. The lowest BCUT2D eigenvalue weighted by molar-refractivity contribution is -0.111. The number of esters is 1. The van der Waals surface area contributed by atoms with Crippen LogP contribution in [-0.2, 0) is 9.53 Å². The number of furan rings is 1. The van der Waals surface area contributed by atoms with Gasteiger partial charge in [0.25, 0.3) is 0 Å². The van der Waals surface area contributed by atoms with Crippen LogP contribution in [0.3, 0.4) is 0 Å². The van der Waals surface area contributed by atoms with Gasteiger partial charge in [-0.2, -0.15) is 0 Å². The third-order valence-corrected chi connectivity index (χ3v) is 5.98. The summed E-state index contributed by atoms with van der Waals surface area (Å²) in [7, 11) is 0. The average molecular weight is 484 g/mol. The predicted octanol–water partition coefficient (Wildman–Crippen LogP) is 7.39. The molecule has 0 unspecified atom stereocenters. The number of nitrogens with one attached hydrogen (secondary N) is 1. The molecule has 1 aliphatic rings. The third kappa shape index (κ3) is 6.28. The Kier molecular flexibility index (Phi) is 7.53. The van der Waals surface area contributed by atoms with E-state index >= 15 is 0 Å². The van der Waals surface area contributed by atoms with E-state index in [1.807, 2.05) is 0 Å². The standard InChI is InChI=1S/C26H23Cl2NO4/c27-18-8-13-22(23(28)16-18)24-14-11-21(32-24)12-15-25(30)29-19-9-6-17(7-10-19)26(31)33-20-4-2-1-3-5-20/h6-16,20H,1-5H2,(H,29,30)/b15-12+. The second kappa shape index (κ2) is 10.7. The van der Waals surface area contributed by atoms with Gasteiger partial charge in [-0.25, -0.2) is 4.79 Å². The molecule has 1 aromatic heterocycles. The molecule has 5 nitrogen and oxygen atoms in total. The highest BCUT2D eigenvalue weighted by Gasteiger charge is 2.18. The maximum absolute atomic E-state index is 12.3. The van der Waals surface area contributed by atoms with Gasteiger partial charge in [0.05, 0.1) is 10.6 Å². The maximum atomic E-state index is 12.3. The number of halogens is 2. The first-order valence-corrected chi connectivity index (χ1v) is 11.6. The number of benzene rings is 2. The van der Waals surface area contributed by atoms with Gasteiger partial charge in [0.15, 0.2) is 0 Å². The number of anilines is 1. The molecule has 1 N–H and O–H groups in total. The molecule has 1 heterocycles. The monoisotopic (exact) mass is 483 g/mol. The van der Waals surface area contributed by atoms with Crippen LogP contribution >= 0.6 is 23.2 Å². The predicted molar refractivity (Wildman–Crippen MR) is 131 cm³/mol. The summed E-state index contributed by atoms with van der Waals surface area (Å²) in [4.78, 5) is 24.6. The molecule has 1 amide bonds. The van der Waals surface area contributed by atoms with Crippen LogP contribution in [0.25, 0.3) is 17.4 Å². The molecule has 4 rings (SSSR count). The highest BCUT2D eigenvalue weighted by molar-refractivity contribution is 6.36. The van der Waals surface area contributed by atoms with E-state index in [0.717, 1.165) is 25.7 Å². The van der Waals surface area contributed by atoms with E-state index in [4.69, 9.17) is 32.4 Å². The van der Waals surface area contributed by atoms with E-state index in [1.54, 1.807) is 60.7 Å². The Morgan fingerprint density at radius 3 is 2.45 bits per heavy atom.